The maximum absolute atomic E-state index is 13.0. The topological polar surface area (TPSA) is 40.9 Å². The van der Waals surface area contributed by atoms with Crippen LogP contribution in [0, 0.1) is 5.82 Å². The predicted octanol–water partition coefficient (Wildman–Crippen LogP) is 2.91. The number of hydrogen-bond donors (Lipinski definition) is 0. The minimum atomic E-state index is -0.230. The molecule has 1 fully saturated rings. The average molecular weight is 370 g/mol. The van der Waals surface area contributed by atoms with Crippen molar-refractivity contribution in [3.05, 3.63) is 60.7 Å². The van der Waals surface area contributed by atoms with Crippen molar-refractivity contribution in [1.29, 1.82) is 0 Å². The first-order valence-electron chi connectivity index (χ1n) is 8.54. The highest BCUT2D eigenvalue weighted by molar-refractivity contribution is 7.99. The van der Waals surface area contributed by atoms with Crippen LogP contribution in [-0.4, -0.2) is 52.1 Å². The van der Waals surface area contributed by atoms with E-state index in [9.17, 15) is 9.18 Å². The molecule has 0 atom stereocenters. The molecule has 0 unspecified atom stereocenters. The summed E-state index contributed by atoms with van der Waals surface area (Å²) >= 11 is 1.46. The number of aromatic nitrogens is 2. The number of anilines is 1. The minimum Gasteiger partial charge on any atom is -0.368 e. The van der Waals surface area contributed by atoms with Crippen molar-refractivity contribution in [3.63, 3.8) is 0 Å². The van der Waals surface area contributed by atoms with Gasteiger partial charge in [-0.05, 0) is 36.4 Å². The number of pyridine rings is 1. The number of fused-ring (bicyclic) bond motifs is 1. The Morgan fingerprint density at radius 3 is 2.62 bits per heavy atom. The van der Waals surface area contributed by atoms with Crippen molar-refractivity contribution < 1.29 is 9.18 Å². The lowest BCUT2D eigenvalue weighted by Crippen LogP contribution is -2.49. The Kier molecular flexibility index (Phi) is 4.79. The highest BCUT2D eigenvalue weighted by Crippen LogP contribution is 2.20. The van der Waals surface area contributed by atoms with Crippen molar-refractivity contribution in [2.24, 2.45) is 0 Å². The smallest absolute Gasteiger partial charge is 0.233 e. The van der Waals surface area contributed by atoms with Gasteiger partial charge >= 0.3 is 0 Å². The molecule has 5 nitrogen and oxygen atoms in total. The second-order valence-corrected chi connectivity index (χ2v) is 7.11. The Hall–Kier alpha value is -2.54. The molecule has 3 heterocycles. The molecule has 2 aromatic heterocycles. The molecule has 4 rings (SSSR count). The number of rotatable bonds is 4. The van der Waals surface area contributed by atoms with Crippen LogP contribution < -0.4 is 4.90 Å². The molecule has 0 aliphatic carbocycles. The zero-order chi connectivity index (χ0) is 17.9. The molecular weight excluding hydrogens is 351 g/mol. The van der Waals surface area contributed by atoms with Crippen LogP contribution in [-0.2, 0) is 4.79 Å². The lowest BCUT2D eigenvalue weighted by molar-refractivity contribution is -0.128. The summed E-state index contributed by atoms with van der Waals surface area (Å²) in [7, 11) is 0. The zero-order valence-electron chi connectivity index (χ0n) is 14.2. The van der Waals surface area contributed by atoms with Gasteiger partial charge in [-0.25, -0.2) is 9.37 Å². The van der Waals surface area contributed by atoms with Crippen LogP contribution in [0.4, 0.5) is 10.1 Å². The van der Waals surface area contributed by atoms with E-state index in [2.05, 4.69) is 9.88 Å². The third kappa shape index (κ3) is 3.53. The molecule has 0 saturated carbocycles. The quantitative estimate of drug-likeness (QED) is 0.662. The normalized spacial score (nSPS) is 14.8. The molecule has 0 bridgehead atoms. The van der Waals surface area contributed by atoms with E-state index in [0.717, 1.165) is 29.5 Å². The highest BCUT2D eigenvalue weighted by atomic mass is 32.2. The number of hydrogen-bond acceptors (Lipinski definition) is 4. The number of thioether (sulfide) groups is 1. The fourth-order valence-electron chi connectivity index (χ4n) is 3.11. The summed E-state index contributed by atoms with van der Waals surface area (Å²) in [6.07, 6.45) is 3.77. The van der Waals surface area contributed by atoms with E-state index in [1.807, 2.05) is 39.9 Å². The number of piperazine rings is 1. The largest absolute Gasteiger partial charge is 0.368 e. The standard InChI is InChI=1S/C19H19FN4OS/c20-15-4-6-16(7-5-15)22-9-11-23(12-10-22)18(25)14-26-19-21-13-17-3-1-2-8-24(17)19/h1-8,13H,9-12,14H2. The van der Waals surface area contributed by atoms with E-state index in [1.165, 1.54) is 23.9 Å². The van der Waals surface area contributed by atoms with Gasteiger partial charge in [0.1, 0.15) is 5.82 Å². The summed E-state index contributed by atoms with van der Waals surface area (Å²) in [6.45, 7) is 2.88. The van der Waals surface area contributed by atoms with Crippen LogP contribution in [0.1, 0.15) is 0 Å². The molecule has 3 aromatic rings. The van der Waals surface area contributed by atoms with E-state index in [0.29, 0.717) is 18.8 Å². The second kappa shape index (κ2) is 7.37. The van der Waals surface area contributed by atoms with Crippen LogP contribution in [0.15, 0.2) is 60.0 Å². The van der Waals surface area contributed by atoms with Gasteiger partial charge in [-0.15, -0.1) is 0 Å². The Labute approximate surface area is 155 Å². The molecule has 0 radical (unpaired) electrons. The lowest BCUT2D eigenvalue weighted by Gasteiger charge is -2.36. The van der Waals surface area contributed by atoms with Crippen molar-refractivity contribution in [2.45, 2.75) is 5.16 Å². The Morgan fingerprint density at radius 1 is 1.08 bits per heavy atom. The molecule has 134 valence electrons. The third-order valence-corrected chi connectivity index (χ3v) is 5.51. The van der Waals surface area contributed by atoms with Gasteiger partial charge in [0.2, 0.25) is 5.91 Å². The Morgan fingerprint density at radius 2 is 1.85 bits per heavy atom. The van der Waals surface area contributed by atoms with Gasteiger partial charge in [0.25, 0.3) is 0 Å². The number of nitrogens with zero attached hydrogens (tertiary/aromatic N) is 4. The monoisotopic (exact) mass is 370 g/mol. The summed E-state index contributed by atoms with van der Waals surface area (Å²) < 4.78 is 15.0. The number of carbonyl (C=O) groups is 1. The molecule has 7 heteroatoms. The van der Waals surface area contributed by atoms with Crippen LogP contribution in [0.3, 0.4) is 0 Å². The summed E-state index contributed by atoms with van der Waals surface area (Å²) in [5.74, 6) is 0.275. The maximum Gasteiger partial charge on any atom is 0.233 e. The molecule has 1 saturated heterocycles. The highest BCUT2D eigenvalue weighted by Gasteiger charge is 2.21. The minimum absolute atomic E-state index is 0.126. The van der Waals surface area contributed by atoms with Crippen molar-refractivity contribution in [3.8, 4) is 0 Å². The average Bonchev–Trinajstić information content (AvgIpc) is 3.10. The summed E-state index contributed by atoms with van der Waals surface area (Å²) in [5.41, 5.74) is 2.02. The molecule has 0 spiro atoms. The van der Waals surface area contributed by atoms with Crippen LogP contribution in [0.5, 0.6) is 0 Å². The first-order valence-corrected chi connectivity index (χ1v) is 9.52. The van der Waals surface area contributed by atoms with Crippen molar-refractivity contribution in [1.82, 2.24) is 14.3 Å². The number of benzene rings is 1. The molecule has 1 aromatic carbocycles. The molecular formula is C19H19FN4OS. The molecule has 1 aliphatic rings. The van der Waals surface area contributed by atoms with Gasteiger partial charge in [0, 0.05) is 38.1 Å². The molecule has 0 N–H and O–H groups in total. The first kappa shape index (κ1) is 16.9. The van der Waals surface area contributed by atoms with Gasteiger partial charge < -0.3 is 9.80 Å². The van der Waals surface area contributed by atoms with E-state index in [4.69, 9.17) is 0 Å². The van der Waals surface area contributed by atoms with Gasteiger partial charge in [-0.3, -0.25) is 9.20 Å². The van der Waals surface area contributed by atoms with Crippen molar-refractivity contribution in [2.75, 3.05) is 36.8 Å². The van der Waals surface area contributed by atoms with Crippen molar-refractivity contribution >= 4 is 28.9 Å². The molecule has 1 amide bonds. The van der Waals surface area contributed by atoms with E-state index in [1.54, 1.807) is 12.1 Å². The Balaban J connectivity index is 1.31. The lowest BCUT2D eigenvalue weighted by atomic mass is 10.2. The molecule has 1 aliphatic heterocycles. The summed E-state index contributed by atoms with van der Waals surface area (Å²) in [5, 5.41) is 0.832. The molecule has 26 heavy (non-hydrogen) atoms. The summed E-state index contributed by atoms with van der Waals surface area (Å²) in [4.78, 5) is 21.0. The fourth-order valence-corrected chi connectivity index (χ4v) is 3.98. The van der Waals surface area contributed by atoms with Gasteiger partial charge in [-0.2, -0.15) is 0 Å². The van der Waals surface area contributed by atoms with Gasteiger partial charge in [0.15, 0.2) is 5.16 Å². The van der Waals surface area contributed by atoms with E-state index in [-0.39, 0.29) is 11.7 Å². The number of carbonyl (C=O) groups excluding carboxylic acids is 1. The maximum atomic E-state index is 13.0. The fraction of sp³-hybridized carbons (Fsp3) is 0.263. The number of imidazole rings is 1. The zero-order valence-corrected chi connectivity index (χ0v) is 15.0. The van der Waals surface area contributed by atoms with Gasteiger partial charge in [-0.1, -0.05) is 17.8 Å². The van der Waals surface area contributed by atoms with E-state index >= 15 is 0 Å². The SMILES string of the molecule is O=C(CSc1ncc2ccccn12)N1CCN(c2ccc(F)cc2)CC1. The third-order valence-electron chi connectivity index (χ3n) is 4.55. The number of amides is 1. The Bertz CT molecular complexity index is 903. The van der Waals surface area contributed by atoms with E-state index < -0.39 is 0 Å². The number of halogens is 1. The summed E-state index contributed by atoms with van der Waals surface area (Å²) in [6, 6.07) is 12.4. The first-order chi connectivity index (χ1) is 12.7. The second-order valence-electron chi connectivity index (χ2n) is 6.17. The van der Waals surface area contributed by atoms with Crippen LogP contribution in [0.2, 0.25) is 0 Å². The van der Waals surface area contributed by atoms with Crippen LogP contribution >= 0.6 is 11.8 Å². The van der Waals surface area contributed by atoms with Gasteiger partial charge in [0.05, 0.1) is 17.5 Å². The van der Waals surface area contributed by atoms with Crippen LogP contribution in [0.25, 0.3) is 5.52 Å². The predicted molar refractivity (Wildman–Crippen MR) is 101 cm³/mol.